The fourth-order valence-corrected chi connectivity index (χ4v) is 7.64. The van der Waals surface area contributed by atoms with Crippen LogP contribution in [0.25, 0.3) is 5.57 Å². The van der Waals surface area contributed by atoms with Crippen LogP contribution < -0.4 is 17.0 Å². The van der Waals surface area contributed by atoms with Crippen LogP contribution in [0.1, 0.15) is 71.0 Å². The number of nitrogens with one attached hydrogen (secondary N) is 2. The largest absolute Gasteiger partial charge is 0.395 e. The van der Waals surface area contributed by atoms with Gasteiger partial charge in [0.15, 0.2) is 0 Å². The lowest BCUT2D eigenvalue weighted by Gasteiger charge is -2.42. The first-order valence-corrected chi connectivity index (χ1v) is 12.1. The number of thiophene rings is 1. The quantitative estimate of drug-likeness (QED) is 0.525. The number of halogens is 3. The number of H-pyrrole nitrogens is 2. The second-order valence-corrected chi connectivity index (χ2v) is 10.6. The van der Waals surface area contributed by atoms with E-state index in [2.05, 4.69) is 4.98 Å². The number of aliphatic hydroxyl groups excluding tert-OH is 1. The molecule has 5 N–H and O–H groups in total. The van der Waals surface area contributed by atoms with Crippen LogP contribution in [0.4, 0.5) is 13.2 Å². The van der Waals surface area contributed by atoms with Crippen LogP contribution in [0, 0.1) is 5.92 Å². The molecule has 0 saturated heterocycles. The molecule has 2 aromatic heterocycles. The number of alkyl halides is 2. The van der Waals surface area contributed by atoms with E-state index in [0.29, 0.717) is 17.7 Å². The van der Waals surface area contributed by atoms with Crippen LogP contribution in [0.3, 0.4) is 0 Å². The van der Waals surface area contributed by atoms with Gasteiger partial charge in [-0.25, -0.2) is 18.0 Å². The van der Waals surface area contributed by atoms with Gasteiger partial charge in [0, 0.05) is 33.3 Å². The van der Waals surface area contributed by atoms with Crippen molar-refractivity contribution in [2.45, 2.75) is 68.7 Å². The number of rotatable bonds is 5. The fourth-order valence-electron chi connectivity index (χ4n) is 6.01. The van der Waals surface area contributed by atoms with Gasteiger partial charge in [0.05, 0.1) is 23.2 Å². The van der Waals surface area contributed by atoms with E-state index < -0.39 is 52.0 Å². The SMILES string of the molecule is CC1c2[nH]c(=O)[nH]c(=O)c2C(C(F)F)=C(F)C1(c1cc2c(s1)CCCC2C(N)CO)C1CC1. The summed E-state index contributed by atoms with van der Waals surface area (Å²) in [6, 6.07) is 1.42. The van der Waals surface area contributed by atoms with Gasteiger partial charge in [-0.05, 0) is 49.7 Å². The Morgan fingerprint density at radius 1 is 1.27 bits per heavy atom. The van der Waals surface area contributed by atoms with Crippen molar-refractivity contribution >= 4 is 16.9 Å². The van der Waals surface area contributed by atoms with E-state index in [1.54, 1.807) is 6.92 Å². The highest BCUT2D eigenvalue weighted by Gasteiger charge is 2.59. The molecule has 5 rings (SSSR count). The molecule has 0 bridgehead atoms. The molecule has 2 heterocycles. The summed E-state index contributed by atoms with van der Waals surface area (Å²) >= 11 is 1.41. The maximum Gasteiger partial charge on any atom is 0.325 e. The highest BCUT2D eigenvalue weighted by Crippen LogP contribution is 2.64. The number of allylic oxidation sites excluding steroid dienone is 2. The molecule has 3 aliphatic rings. The molecule has 0 aliphatic heterocycles. The standard InChI is InChI=1S/C23H26F3N3O3S/c1-9-18-16(21(31)29-22(32)28-18)17(20(25)26)19(24)23(9,10-5-6-10)15-7-12-11(13(27)8-30)3-2-4-14(12)33-15/h7,9-11,13,20,30H,2-6,8,27H2,1H3,(H2,28,29,31,32). The number of hydrogen-bond acceptors (Lipinski definition) is 5. The number of hydrogen-bond donors (Lipinski definition) is 4. The Hall–Kier alpha value is -2.17. The van der Waals surface area contributed by atoms with E-state index in [-0.39, 0.29) is 24.1 Å². The number of nitrogens with two attached hydrogens (primary N) is 1. The summed E-state index contributed by atoms with van der Waals surface area (Å²) in [4.78, 5) is 30.7. The van der Waals surface area contributed by atoms with E-state index in [1.165, 1.54) is 11.3 Å². The predicted octanol–water partition coefficient (Wildman–Crippen LogP) is 3.28. The van der Waals surface area contributed by atoms with Crippen LogP contribution in [-0.4, -0.2) is 34.1 Å². The minimum Gasteiger partial charge on any atom is -0.395 e. The minimum atomic E-state index is -3.22. The summed E-state index contributed by atoms with van der Waals surface area (Å²) in [7, 11) is 0. The number of aryl methyl sites for hydroxylation is 1. The molecule has 0 radical (unpaired) electrons. The van der Waals surface area contributed by atoms with Crippen molar-refractivity contribution in [1.29, 1.82) is 0 Å². The molecule has 1 fully saturated rings. The van der Waals surface area contributed by atoms with E-state index in [9.17, 15) is 23.5 Å². The first-order valence-electron chi connectivity index (χ1n) is 11.3. The Labute approximate surface area is 191 Å². The molecular weight excluding hydrogens is 455 g/mol. The minimum absolute atomic E-state index is 0.0577. The Morgan fingerprint density at radius 3 is 2.64 bits per heavy atom. The highest BCUT2D eigenvalue weighted by molar-refractivity contribution is 7.12. The molecule has 33 heavy (non-hydrogen) atoms. The van der Waals surface area contributed by atoms with Crippen molar-refractivity contribution < 1.29 is 18.3 Å². The van der Waals surface area contributed by atoms with Gasteiger partial charge in [-0.3, -0.25) is 9.78 Å². The monoisotopic (exact) mass is 481 g/mol. The molecule has 0 spiro atoms. The van der Waals surface area contributed by atoms with Crippen molar-refractivity contribution in [3.63, 3.8) is 0 Å². The number of fused-ring (bicyclic) bond motifs is 2. The van der Waals surface area contributed by atoms with Gasteiger partial charge in [0.2, 0.25) is 0 Å². The Kier molecular flexibility index (Phi) is 5.45. The zero-order valence-corrected chi connectivity index (χ0v) is 18.9. The van der Waals surface area contributed by atoms with Gasteiger partial charge in [-0.2, -0.15) is 0 Å². The molecule has 10 heteroatoms. The zero-order chi connectivity index (χ0) is 23.7. The third kappa shape index (κ3) is 3.21. The summed E-state index contributed by atoms with van der Waals surface area (Å²) < 4.78 is 44.9. The fraction of sp³-hybridized carbons (Fsp3) is 0.565. The van der Waals surface area contributed by atoms with Crippen LogP contribution in [-0.2, 0) is 11.8 Å². The molecule has 1 saturated carbocycles. The molecular formula is C23H26F3N3O3S. The van der Waals surface area contributed by atoms with Crippen LogP contribution >= 0.6 is 11.3 Å². The average Bonchev–Trinajstić information content (AvgIpc) is 3.52. The van der Waals surface area contributed by atoms with Gasteiger partial charge in [-0.1, -0.05) is 6.92 Å². The Morgan fingerprint density at radius 2 is 2.00 bits per heavy atom. The summed E-state index contributed by atoms with van der Waals surface area (Å²) in [5.41, 5.74) is 2.59. The number of aromatic nitrogens is 2. The van der Waals surface area contributed by atoms with Crippen molar-refractivity contribution in [3.8, 4) is 0 Å². The van der Waals surface area contributed by atoms with E-state index in [4.69, 9.17) is 5.73 Å². The van der Waals surface area contributed by atoms with E-state index >= 15 is 4.39 Å². The lowest BCUT2D eigenvalue weighted by atomic mass is 9.63. The Balaban J connectivity index is 1.79. The second-order valence-electron chi connectivity index (χ2n) is 9.42. The summed E-state index contributed by atoms with van der Waals surface area (Å²) in [5.74, 6) is -2.00. The molecule has 0 aromatic carbocycles. The van der Waals surface area contributed by atoms with Crippen molar-refractivity contribution in [2.75, 3.05) is 6.61 Å². The van der Waals surface area contributed by atoms with Gasteiger partial charge in [0.25, 0.3) is 12.0 Å². The molecule has 4 atom stereocenters. The van der Waals surface area contributed by atoms with Gasteiger partial charge in [-0.15, -0.1) is 11.3 Å². The smallest absolute Gasteiger partial charge is 0.325 e. The van der Waals surface area contributed by atoms with Crippen LogP contribution in [0.5, 0.6) is 0 Å². The van der Waals surface area contributed by atoms with Gasteiger partial charge in [0.1, 0.15) is 5.83 Å². The molecule has 2 aromatic rings. The normalized spacial score (nSPS) is 28.1. The van der Waals surface area contributed by atoms with Crippen LogP contribution in [0.15, 0.2) is 21.5 Å². The molecule has 4 unspecified atom stereocenters. The summed E-state index contributed by atoms with van der Waals surface area (Å²) in [5, 5.41) is 9.62. The maximum atomic E-state index is 16.4. The average molecular weight is 482 g/mol. The van der Waals surface area contributed by atoms with E-state index in [0.717, 1.165) is 29.7 Å². The van der Waals surface area contributed by atoms with Gasteiger partial charge < -0.3 is 15.8 Å². The Bertz CT molecular complexity index is 1250. The number of aromatic amines is 2. The maximum absolute atomic E-state index is 16.4. The lowest BCUT2D eigenvalue weighted by Crippen LogP contribution is -2.43. The predicted molar refractivity (Wildman–Crippen MR) is 120 cm³/mol. The van der Waals surface area contributed by atoms with Crippen molar-refractivity contribution in [2.24, 2.45) is 11.7 Å². The lowest BCUT2D eigenvalue weighted by molar-refractivity contribution is 0.202. The van der Waals surface area contributed by atoms with Crippen molar-refractivity contribution in [3.05, 3.63) is 59.3 Å². The second kappa shape index (κ2) is 7.95. The highest BCUT2D eigenvalue weighted by atomic mass is 32.1. The summed E-state index contributed by atoms with van der Waals surface area (Å²) in [6.45, 7) is 1.52. The van der Waals surface area contributed by atoms with Crippen LogP contribution in [0.2, 0.25) is 0 Å². The topological polar surface area (TPSA) is 112 Å². The third-order valence-corrected chi connectivity index (χ3v) is 9.05. The first-order chi connectivity index (χ1) is 15.7. The molecule has 0 amide bonds. The molecule has 178 valence electrons. The molecule has 3 aliphatic carbocycles. The van der Waals surface area contributed by atoms with Gasteiger partial charge >= 0.3 is 5.69 Å². The zero-order valence-electron chi connectivity index (χ0n) is 18.1. The first kappa shape index (κ1) is 22.6. The van der Waals surface area contributed by atoms with E-state index in [1.807, 2.05) is 11.1 Å². The van der Waals surface area contributed by atoms with Crippen molar-refractivity contribution in [1.82, 2.24) is 9.97 Å². The molecule has 6 nitrogen and oxygen atoms in total. The third-order valence-electron chi connectivity index (χ3n) is 7.69. The number of aliphatic hydroxyl groups is 1. The summed E-state index contributed by atoms with van der Waals surface area (Å²) in [6.07, 6.45) is 0.570.